The maximum absolute atomic E-state index is 10.5. The number of rotatable bonds is 1. The number of carbonyl (C=O) groups is 1. The molecule has 2 unspecified atom stereocenters. The van der Waals surface area contributed by atoms with E-state index >= 15 is 0 Å². The van der Waals surface area contributed by atoms with Crippen molar-refractivity contribution < 1.29 is 14.6 Å². The van der Waals surface area contributed by atoms with Crippen LogP contribution in [0.25, 0.3) is 0 Å². The highest BCUT2D eigenvalue weighted by Crippen LogP contribution is 2.20. The van der Waals surface area contributed by atoms with Gasteiger partial charge in [0.25, 0.3) is 0 Å². The van der Waals surface area contributed by atoms with E-state index in [1.807, 2.05) is 0 Å². The summed E-state index contributed by atoms with van der Waals surface area (Å²) in [6.07, 6.45) is 2.97. The van der Waals surface area contributed by atoms with Gasteiger partial charge in [-0.25, -0.2) is 0 Å². The van der Waals surface area contributed by atoms with Gasteiger partial charge in [-0.05, 0) is 19.3 Å². The van der Waals surface area contributed by atoms with Crippen LogP contribution in [0, 0.1) is 0 Å². The Hall–Kier alpha value is -0.570. The smallest absolute Gasteiger partial charge is 0.302 e. The highest BCUT2D eigenvalue weighted by molar-refractivity contribution is 5.66. The van der Waals surface area contributed by atoms with Gasteiger partial charge in [0.05, 0.1) is 6.10 Å². The molecule has 0 saturated heterocycles. The Labute approximate surface area is 66.4 Å². The summed E-state index contributed by atoms with van der Waals surface area (Å²) >= 11 is 0. The first-order valence-corrected chi connectivity index (χ1v) is 4.05. The first kappa shape index (κ1) is 8.53. The number of carbonyl (C=O) groups excluding carboxylic acids is 1. The van der Waals surface area contributed by atoms with Gasteiger partial charge in [-0.15, -0.1) is 0 Å². The average molecular weight is 158 g/mol. The van der Waals surface area contributed by atoms with Gasteiger partial charge in [0.15, 0.2) is 0 Å². The fourth-order valence-electron chi connectivity index (χ4n) is 1.43. The van der Waals surface area contributed by atoms with E-state index in [0.717, 1.165) is 25.7 Å². The largest absolute Gasteiger partial charge is 0.460 e. The quantitative estimate of drug-likeness (QED) is 0.575. The lowest BCUT2D eigenvalue weighted by Crippen LogP contribution is -2.33. The van der Waals surface area contributed by atoms with E-state index in [0.29, 0.717) is 0 Å². The summed E-state index contributed by atoms with van der Waals surface area (Å²) in [5.41, 5.74) is 0. The molecule has 1 aliphatic rings. The Morgan fingerprint density at radius 2 is 2.09 bits per heavy atom. The number of aliphatic hydroxyl groups is 1. The fraction of sp³-hybridized carbons (Fsp3) is 0.875. The summed E-state index contributed by atoms with van der Waals surface area (Å²) in [6, 6.07) is 0. The summed E-state index contributed by atoms with van der Waals surface area (Å²) < 4.78 is 4.91. The SMILES string of the molecule is CC(=O)OC1CCCCC1O. The van der Waals surface area contributed by atoms with Crippen molar-refractivity contribution in [3.8, 4) is 0 Å². The molecule has 0 heterocycles. The summed E-state index contributed by atoms with van der Waals surface area (Å²) in [5, 5.41) is 9.34. The lowest BCUT2D eigenvalue weighted by atomic mass is 9.95. The number of aliphatic hydroxyl groups excluding tert-OH is 1. The van der Waals surface area contributed by atoms with Gasteiger partial charge in [0.2, 0.25) is 0 Å². The molecule has 1 rings (SSSR count). The molecule has 1 aliphatic carbocycles. The highest BCUT2D eigenvalue weighted by Gasteiger charge is 2.24. The minimum Gasteiger partial charge on any atom is -0.460 e. The van der Waals surface area contributed by atoms with Crippen LogP contribution >= 0.6 is 0 Å². The first-order chi connectivity index (χ1) is 5.20. The third kappa shape index (κ3) is 2.50. The van der Waals surface area contributed by atoms with Crippen LogP contribution in [0.4, 0.5) is 0 Å². The van der Waals surface area contributed by atoms with Gasteiger partial charge in [-0.2, -0.15) is 0 Å². The summed E-state index contributed by atoms with van der Waals surface area (Å²) in [6.45, 7) is 1.38. The average Bonchev–Trinajstić information content (AvgIpc) is 1.93. The zero-order chi connectivity index (χ0) is 8.27. The van der Waals surface area contributed by atoms with Crippen LogP contribution in [0.1, 0.15) is 32.6 Å². The number of esters is 1. The van der Waals surface area contributed by atoms with Gasteiger partial charge in [0, 0.05) is 6.92 Å². The summed E-state index contributed by atoms with van der Waals surface area (Å²) in [4.78, 5) is 10.5. The van der Waals surface area contributed by atoms with Crippen molar-refractivity contribution in [2.45, 2.75) is 44.8 Å². The lowest BCUT2D eigenvalue weighted by Gasteiger charge is -2.26. The zero-order valence-corrected chi connectivity index (χ0v) is 6.75. The van der Waals surface area contributed by atoms with E-state index in [4.69, 9.17) is 4.74 Å². The molecule has 11 heavy (non-hydrogen) atoms. The van der Waals surface area contributed by atoms with Gasteiger partial charge < -0.3 is 9.84 Å². The predicted octanol–water partition coefficient (Wildman–Crippen LogP) is 0.853. The highest BCUT2D eigenvalue weighted by atomic mass is 16.6. The standard InChI is InChI=1S/C8H14O3/c1-6(9)11-8-5-3-2-4-7(8)10/h7-8,10H,2-5H2,1H3. The normalized spacial score (nSPS) is 31.5. The minimum atomic E-state index is -0.437. The minimum absolute atomic E-state index is 0.249. The van der Waals surface area contributed by atoms with E-state index in [2.05, 4.69) is 0 Å². The van der Waals surface area contributed by atoms with Gasteiger partial charge in [-0.1, -0.05) is 6.42 Å². The van der Waals surface area contributed by atoms with Crippen LogP contribution in [0.2, 0.25) is 0 Å². The van der Waals surface area contributed by atoms with Crippen LogP contribution in [0.3, 0.4) is 0 Å². The predicted molar refractivity (Wildman–Crippen MR) is 40.0 cm³/mol. The molecule has 64 valence electrons. The van der Waals surface area contributed by atoms with Gasteiger partial charge >= 0.3 is 5.97 Å². The molecule has 3 nitrogen and oxygen atoms in total. The molecule has 0 aliphatic heterocycles. The lowest BCUT2D eigenvalue weighted by molar-refractivity contribution is -0.154. The molecule has 0 bridgehead atoms. The van der Waals surface area contributed by atoms with Crippen molar-refractivity contribution in [3.63, 3.8) is 0 Å². The van der Waals surface area contributed by atoms with Crippen molar-refractivity contribution in [2.24, 2.45) is 0 Å². The maximum atomic E-state index is 10.5. The Morgan fingerprint density at radius 3 is 2.64 bits per heavy atom. The summed E-state index contributed by atoms with van der Waals surface area (Å²) in [7, 11) is 0. The Morgan fingerprint density at radius 1 is 1.45 bits per heavy atom. The molecule has 0 amide bonds. The van der Waals surface area contributed by atoms with Crippen LogP contribution in [-0.2, 0) is 9.53 Å². The fourth-order valence-corrected chi connectivity index (χ4v) is 1.43. The second kappa shape index (κ2) is 3.72. The Kier molecular flexibility index (Phi) is 2.88. The molecule has 0 radical (unpaired) electrons. The zero-order valence-electron chi connectivity index (χ0n) is 6.75. The van der Waals surface area contributed by atoms with Crippen LogP contribution < -0.4 is 0 Å². The second-order valence-corrected chi connectivity index (χ2v) is 3.00. The third-order valence-electron chi connectivity index (χ3n) is 1.99. The van der Waals surface area contributed by atoms with Crippen LogP contribution in [-0.4, -0.2) is 23.3 Å². The van der Waals surface area contributed by atoms with Crippen LogP contribution in [0.15, 0.2) is 0 Å². The van der Waals surface area contributed by atoms with Crippen molar-refractivity contribution in [1.29, 1.82) is 0 Å². The van der Waals surface area contributed by atoms with E-state index < -0.39 is 6.10 Å². The molecule has 0 aromatic rings. The number of hydrogen-bond donors (Lipinski definition) is 1. The molecule has 0 aromatic heterocycles. The molecule has 1 fully saturated rings. The van der Waals surface area contributed by atoms with E-state index in [-0.39, 0.29) is 12.1 Å². The Balaban J connectivity index is 2.35. The number of ether oxygens (including phenoxy) is 1. The van der Waals surface area contributed by atoms with E-state index in [1.165, 1.54) is 6.92 Å². The van der Waals surface area contributed by atoms with Crippen molar-refractivity contribution in [1.82, 2.24) is 0 Å². The second-order valence-electron chi connectivity index (χ2n) is 3.00. The molecular weight excluding hydrogens is 144 g/mol. The van der Waals surface area contributed by atoms with E-state index in [9.17, 15) is 9.90 Å². The van der Waals surface area contributed by atoms with Gasteiger partial charge in [-0.3, -0.25) is 4.79 Å². The molecule has 1 saturated carbocycles. The molecule has 3 heteroatoms. The van der Waals surface area contributed by atoms with Crippen molar-refractivity contribution >= 4 is 5.97 Å². The van der Waals surface area contributed by atoms with E-state index in [1.54, 1.807) is 0 Å². The Bertz CT molecular complexity index is 144. The van der Waals surface area contributed by atoms with Crippen molar-refractivity contribution in [3.05, 3.63) is 0 Å². The monoisotopic (exact) mass is 158 g/mol. The third-order valence-corrected chi connectivity index (χ3v) is 1.99. The van der Waals surface area contributed by atoms with Crippen LogP contribution in [0.5, 0.6) is 0 Å². The van der Waals surface area contributed by atoms with Crippen molar-refractivity contribution in [2.75, 3.05) is 0 Å². The summed E-state index contributed by atoms with van der Waals surface area (Å²) in [5.74, 6) is -0.295. The molecular formula is C8H14O3. The molecule has 0 spiro atoms. The molecule has 1 N–H and O–H groups in total. The topological polar surface area (TPSA) is 46.5 Å². The molecule has 2 atom stereocenters. The van der Waals surface area contributed by atoms with Gasteiger partial charge in [0.1, 0.15) is 6.10 Å². The molecule has 0 aromatic carbocycles. The first-order valence-electron chi connectivity index (χ1n) is 4.05. The number of hydrogen-bond acceptors (Lipinski definition) is 3. The maximum Gasteiger partial charge on any atom is 0.302 e.